The zero-order chi connectivity index (χ0) is 14.8. The first-order valence-electron chi connectivity index (χ1n) is 6.39. The van der Waals surface area contributed by atoms with Crippen molar-refractivity contribution in [2.75, 3.05) is 5.32 Å². The van der Waals surface area contributed by atoms with Crippen LogP contribution in [0.1, 0.15) is 10.4 Å². The Kier molecular flexibility index (Phi) is 3.71. The average molecular weight is 344 g/mol. The maximum absolute atomic E-state index is 13.5. The van der Waals surface area contributed by atoms with E-state index in [0.29, 0.717) is 10.2 Å². The average Bonchev–Trinajstić information content (AvgIpc) is 2.50. The zero-order valence-electron chi connectivity index (χ0n) is 10.9. The molecule has 1 amide bonds. The molecule has 0 aliphatic heterocycles. The van der Waals surface area contributed by atoms with Gasteiger partial charge >= 0.3 is 0 Å². The van der Waals surface area contributed by atoms with Crippen molar-refractivity contribution < 1.29 is 9.18 Å². The molecule has 0 aliphatic carbocycles. The molecule has 0 unspecified atom stereocenters. The number of carbonyl (C=O) groups excluding carboxylic acids is 1. The second-order valence-electron chi connectivity index (χ2n) is 4.61. The number of hydrogen-bond acceptors (Lipinski definition) is 1. The van der Waals surface area contributed by atoms with Crippen LogP contribution < -0.4 is 5.32 Å². The predicted molar refractivity (Wildman–Crippen MR) is 86.0 cm³/mol. The van der Waals surface area contributed by atoms with E-state index in [0.717, 1.165) is 10.8 Å². The minimum absolute atomic E-state index is 0.281. The Bertz CT molecular complexity index is 827. The van der Waals surface area contributed by atoms with Gasteiger partial charge in [-0.2, -0.15) is 0 Å². The molecule has 0 heterocycles. The van der Waals surface area contributed by atoms with Gasteiger partial charge in [-0.15, -0.1) is 0 Å². The topological polar surface area (TPSA) is 29.1 Å². The summed E-state index contributed by atoms with van der Waals surface area (Å²) in [5, 5.41) is 4.82. The van der Waals surface area contributed by atoms with E-state index < -0.39 is 5.82 Å². The fourth-order valence-corrected chi connectivity index (χ4v) is 2.41. The van der Waals surface area contributed by atoms with Crippen molar-refractivity contribution in [1.29, 1.82) is 0 Å². The highest BCUT2D eigenvalue weighted by atomic mass is 79.9. The van der Waals surface area contributed by atoms with Crippen molar-refractivity contribution in [2.24, 2.45) is 0 Å². The first-order valence-corrected chi connectivity index (χ1v) is 7.18. The molecule has 3 rings (SSSR count). The van der Waals surface area contributed by atoms with E-state index in [4.69, 9.17) is 0 Å². The summed E-state index contributed by atoms with van der Waals surface area (Å²) >= 11 is 3.07. The molecule has 4 heteroatoms. The number of nitrogens with one attached hydrogen (secondary N) is 1. The molecule has 3 aromatic carbocycles. The lowest BCUT2D eigenvalue weighted by atomic mass is 10.1. The van der Waals surface area contributed by atoms with E-state index in [1.807, 2.05) is 42.5 Å². The summed E-state index contributed by atoms with van der Waals surface area (Å²) in [6, 6.07) is 17.8. The molecule has 0 aromatic heterocycles. The van der Waals surface area contributed by atoms with Gasteiger partial charge in [0.1, 0.15) is 5.82 Å². The van der Waals surface area contributed by atoms with Crippen molar-refractivity contribution in [3.05, 3.63) is 76.5 Å². The van der Waals surface area contributed by atoms with Crippen molar-refractivity contribution in [1.82, 2.24) is 0 Å². The van der Waals surface area contributed by atoms with Gasteiger partial charge in [-0.25, -0.2) is 4.39 Å². The van der Waals surface area contributed by atoms with Crippen LogP contribution >= 0.6 is 15.9 Å². The number of amides is 1. The molecule has 21 heavy (non-hydrogen) atoms. The van der Waals surface area contributed by atoms with Crippen LogP contribution in [0.3, 0.4) is 0 Å². The van der Waals surface area contributed by atoms with E-state index in [1.54, 1.807) is 6.07 Å². The van der Waals surface area contributed by atoms with E-state index >= 15 is 0 Å². The third-order valence-corrected chi connectivity index (χ3v) is 3.86. The summed E-state index contributed by atoms with van der Waals surface area (Å²) in [5.74, 6) is -0.793. The van der Waals surface area contributed by atoms with Crippen LogP contribution in [0, 0.1) is 5.82 Å². The zero-order valence-corrected chi connectivity index (χ0v) is 12.5. The van der Waals surface area contributed by atoms with Gasteiger partial charge < -0.3 is 5.32 Å². The van der Waals surface area contributed by atoms with Crippen LogP contribution in [0.4, 0.5) is 10.1 Å². The summed E-state index contributed by atoms with van der Waals surface area (Å²) in [7, 11) is 0. The Morgan fingerprint density at radius 1 is 1.00 bits per heavy atom. The summed E-state index contributed by atoms with van der Waals surface area (Å²) in [4.78, 5) is 12.2. The van der Waals surface area contributed by atoms with Crippen LogP contribution in [0.2, 0.25) is 0 Å². The molecule has 0 spiro atoms. The molecule has 0 saturated carbocycles. The van der Waals surface area contributed by atoms with E-state index in [2.05, 4.69) is 21.2 Å². The van der Waals surface area contributed by atoms with Gasteiger partial charge in [0.05, 0.1) is 4.47 Å². The molecule has 0 bridgehead atoms. The quantitative estimate of drug-likeness (QED) is 0.697. The third-order valence-electron chi connectivity index (χ3n) is 3.22. The van der Waals surface area contributed by atoms with Gasteiger partial charge in [-0.3, -0.25) is 4.79 Å². The summed E-state index contributed by atoms with van der Waals surface area (Å²) in [6.07, 6.45) is 0. The third kappa shape index (κ3) is 2.81. The van der Waals surface area contributed by atoms with Crippen LogP contribution in [0.15, 0.2) is 65.1 Å². The first kappa shape index (κ1) is 13.8. The molecule has 0 saturated heterocycles. The largest absolute Gasteiger partial charge is 0.321 e. The van der Waals surface area contributed by atoms with Crippen LogP contribution in [-0.2, 0) is 0 Å². The number of rotatable bonds is 2. The highest BCUT2D eigenvalue weighted by Crippen LogP contribution is 2.24. The molecule has 2 nitrogen and oxygen atoms in total. The van der Waals surface area contributed by atoms with Gasteiger partial charge in [0, 0.05) is 16.6 Å². The second-order valence-corrected chi connectivity index (χ2v) is 5.46. The molecule has 0 radical (unpaired) electrons. The van der Waals surface area contributed by atoms with Gasteiger partial charge in [0.2, 0.25) is 0 Å². The molecule has 3 aromatic rings. The minimum Gasteiger partial charge on any atom is -0.321 e. The van der Waals surface area contributed by atoms with Crippen molar-refractivity contribution in [3.63, 3.8) is 0 Å². The number of carbonyl (C=O) groups is 1. The Morgan fingerprint density at radius 2 is 1.76 bits per heavy atom. The van der Waals surface area contributed by atoms with Gasteiger partial charge in [-0.1, -0.05) is 36.4 Å². The first-order chi connectivity index (χ1) is 10.1. The molecule has 104 valence electrons. The van der Waals surface area contributed by atoms with Gasteiger partial charge in [0.25, 0.3) is 5.91 Å². The highest BCUT2D eigenvalue weighted by Gasteiger charge is 2.10. The molecule has 1 N–H and O–H groups in total. The van der Waals surface area contributed by atoms with Crippen molar-refractivity contribution >= 4 is 38.3 Å². The fraction of sp³-hybridized carbons (Fsp3) is 0. The molecular weight excluding hydrogens is 333 g/mol. The second kappa shape index (κ2) is 5.66. The van der Waals surface area contributed by atoms with E-state index in [1.165, 1.54) is 12.1 Å². The number of hydrogen-bond donors (Lipinski definition) is 1. The van der Waals surface area contributed by atoms with E-state index in [-0.39, 0.29) is 11.5 Å². The summed E-state index contributed by atoms with van der Waals surface area (Å²) < 4.78 is 13.8. The molecule has 0 fully saturated rings. The number of fused-ring (bicyclic) bond motifs is 1. The fourth-order valence-electron chi connectivity index (χ4n) is 2.17. The Labute approximate surface area is 129 Å². The Hall–Kier alpha value is -2.20. The highest BCUT2D eigenvalue weighted by molar-refractivity contribution is 9.10. The minimum atomic E-state index is -0.458. The lowest BCUT2D eigenvalue weighted by Crippen LogP contribution is -2.12. The number of anilines is 1. The maximum atomic E-state index is 13.5. The van der Waals surface area contributed by atoms with Crippen molar-refractivity contribution in [2.45, 2.75) is 0 Å². The maximum Gasteiger partial charge on any atom is 0.255 e. The Balaban J connectivity index is 1.94. The number of benzene rings is 3. The number of halogens is 2. The molecule has 0 aliphatic rings. The van der Waals surface area contributed by atoms with Gasteiger partial charge in [-0.05, 0) is 45.6 Å². The Morgan fingerprint density at radius 3 is 2.57 bits per heavy atom. The van der Waals surface area contributed by atoms with Crippen LogP contribution in [0.25, 0.3) is 10.8 Å². The van der Waals surface area contributed by atoms with Crippen LogP contribution in [-0.4, -0.2) is 5.91 Å². The molecular formula is C17H11BrFNO. The monoisotopic (exact) mass is 343 g/mol. The normalized spacial score (nSPS) is 10.6. The van der Waals surface area contributed by atoms with Crippen molar-refractivity contribution in [3.8, 4) is 0 Å². The summed E-state index contributed by atoms with van der Waals surface area (Å²) in [6.45, 7) is 0. The lowest BCUT2D eigenvalue weighted by molar-refractivity contribution is 0.102. The molecule has 0 atom stereocenters. The SMILES string of the molecule is O=C(Nc1cccc2ccccc12)c1ccc(Br)c(F)c1. The lowest BCUT2D eigenvalue weighted by Gasteiger charge is -2.09. The van der Waals surface area contributed by atoms with Crippen LogP contribution in [0.5, 0.6) is 0 Å². The smallest absolute Gasteiger partial charge is 0.255 e. The van der Waals surface area contributed by atoms with E-state index in [9.17, 15) is 9.18 Å². The summed E-state index contributed by atoms with van der Waals surface area (Å²) in [5.41, 5.74) is 0.991. The van der Waals surface area contributed by atoms with Gasteiger partial charge in [0.15, 0.2) is 0 Å². The predicted octanol–water partition coefficient (Wildman–Crippen LogP) is 4.99. The standard InChI is InChI=1S/C17H11BrFNO/c18-14-9-8-12(10-15(14)19)17(21)20-16-7-3-5-11-4-1-2-6-13(11)16/h1-10H,(H,20,21).